The summed E-state index contributed by atoms with van der Waals surface area (Å²) in [7, 11) is 0. The van der Waals surface area contributed by atoms with Crippen molar-refractivity contribution in [2.45, 2.75) is 19.9 Å². The maximum Gasteiger partial charge on any atom is 0.251 e. The Balaban J connectivity index is 1.90. The van der Waals surface area contributed by atoms with Gasteiger partial charge in [-0.2, -0.15) is 0 Å². The summed E-state index contributed by atoms with van der Waals surface area (Å²) < 4.78 is 0. The highest BCUT2D eigenvalue weighted by Gasteiger charge is 2.09. The Morgan fingerprint density at radius 1 is 1.42 bits per heavy atom. The summed E-state index contributed by atoms with van der Waals surface area (Å²) in [6, 6.07) is 7.40. The van der Waals surface area contributed by atoms with Crippen LogP contribution in [0.5, 0.6) is 0 Å². The van der Waals surface area contributed by atoms with Gasteiger partial charge in [0.25, 0.3) is 5.91 Å². The van der Waals surface area contributed by atoms with Crippen LogP contribution in [0.2, 0.25) is 0 Å². The quantitative estimate of drug-likeness (QED) is 0.875. The summed E-state index contributed by atoms with van der Waals surface area (Å²) in [6.07, 6.45) is 0.759. The fourth-order valence-electron chi connectivity index (χ4n) is 1.82. The van der Waals surface area contributed by atoms with Crippen LogP contribution in [-0.4, -0.2) is 17.4 Å². The minimum absolute atomic E-state index is 0.0747. The average molecular weight is 275 g/mol. The van der Waals surface area contributed by atoms with Gasteiger partial charge in [0.1, 0.15) is 0 Å². The van der Waals surface area contributed by atoms with Gasteiger partial charge in [0, 0.05) is 36.1 Å². The van der Waals surface area contributed by atoms with Gasteiger partial charge in [-0.1, -0.05) is 18.2 Å². The number of aromatic nitrogens is 1. The molecule has 0 spiro atoms. The first-order valence-electron chi connectivity index (χ1n) is 6.18. The van der Waals surface area contributed by atoms with Crippen LogP contribution in [0.25, 0.3) is 0 Å². The molecule has 0 fully saturated rings. The first kappa shape index (κ1) is 13.7. The van der Waals surface area contributed by atoms with E-state index in [4.69, 9.17) is 5.73 Å². The summed E-state index contributed by atoms with van der Waals surface area (Å²) in [5.74, 6) is -0.0747. The van der Waals surface area contributed by atoms with Crippen LogP contribution in [0, 0.1) is 6.92 Å². The maximum absolute atomic E-state index is 12.0. The molecule has 2 rings (SSSR count). The molecule has 4 nitrogen and oxygen atoms in total. The zero-order valence-electron chi connectivity index (χ0n) is 10.8. The average Bonchev–Trinajstić information content (AvgIpc) is 2.84. The predicted octanol–water partition coefficient (Wildman–Crippen LogP) is 1.88. The van der Waals surface area contributed by atoms with Gasteiger partial charge in [0.15, 0.2) is 0 Å². The van der Waals surface area contributed by atoms with E-state index in [1.165, 1.54) is 0 Å². The third-order valence-electron chi connectivity index (χ3n) is 2.77. The lowest BCUT2D eigenvalue weighted by Gasteiger charge is -2.08. The minimum Gasteiger partial charge on any atom is -0.352 e. The van der Waals surface area contributed by atoms with E-state index in [2.05, 4.69) is 10.3 Å². The number of rotatable bonds is 5. The summed E-state index contributed by atoms with van der Waals surface area (Å²) in [5, 5.41) is 5.96. The van der Waals surface area contributed by atoms with E-state index in [-0.39, 0.29) is 5.91 Å². The molecule has 0 unspecified atom stereocenters. The van der Waals surface area contributed by atoms with Gasteiger partial charge in [0.05, 0.1) is 5.01 Å². The Bertz CT molecular complexity index is 565. The number of nitrogens with two attached hydrogens (primary N) is 1. The van der Waals surface area contributed by atoms with Crippen molar-refractivity contribution in [1.29, 1.82) is 0 Å². The van der Waals surface area contributed by atoms with E-state index in [0.29, 0.717) is 18.7 Å². The standard InChI is InChI=1S/C14H17N3OS/c1-10-9-19-13(17-10)6-7-16-14(18)12-5-3-2-4-11(12)8-15/h2-5,9H,6-8,15H2,1H3,(H,16,18). The van der Waals surface area contributed by atoms with Crippen molar-refractivity contribution in [2.24, 2.45) is 5.73 Å². The first-order chi connectivity index (χ1) is 9.20. The van der Waals surface area contributed by atoms with Crippen molar-refractivity contribution in [3.8, 4) is 0 Å². The number of amides is 1. The SMILES string of the molecule is Cc1csc(CCNC(=O)c2ccccc2CN)n1. The molecule has 1 heterocycles. The van der Waals surface area contributed by atoms with E-state index < -0.39 is 0 Å². The number of hydrogen-bond donors (Lipinski definition) is 2. The number of carbonyl (C=O) groups excluding carboxylic acids is 1. The molecule has 0 bridgehead atoms. The second-order valence-electron chi connectivity index (χ2n) is 4.25. The molecule has 1 amide bonds. The molecule has 0 aliphatic carbocycles. The molecule has 0 aliphatic heterocycles. The molecule has 3 N–H and O–H groups in total. The van der Waals surface area contributed by atoms with Crippen molar-refractivity contribution in [3.05, 3.63) is 51.5 Å². The molecule has 5 heteroatoms. The second-order valence-corrected chi connectivity index (χ2v) is 5.19. The Morgan fingerprint density at radius 2 is 2.21 bits per heavy atom. The molecule has 0 atom stereocenters. The molecule has 1 aromatic heterocycles. The molecule has 0 aliphatic rings. The molecular formula is C14H17N3OS. The fraction of sp³-hybridized carbons (Fsp3) is 0.286. The number of aryl methyl sites for hydroxylation is 1. The van der Waals surface area contributed by atoms with E-state index in [1.807, 2.05) is 30.5 Å². The number of thiazole rings is 1. The third-order valence-corrected chi connectivity index (χ3v) is 3.80. The number of nitrogens with one attached hydrogen (secondary N) is 1. The Hall–Kier alpha value is -1.72. The molecule has 2 aromatic rings. The van der Waals surface area contributed by atoms with Gasteiger partial charge in [0.2, 0.25) is 0 Å². The van der Waals surface area contributed by atoms with Crippen LogP contribution in [0.1, 0.15) is 26.6 Å². The third kappa shape index (κ3) is 3.62. The van der Waals surface area contributed by atoms with Crippen molar-refractivity contribution in [2.75, 3.05) is 6.54 Å². The zero-order chi connectivity index (χ0) is 13.7. The highest BCUT2D eigenvalue weighted by molar-refractivity contribution is 7.09. The summed E-state index contributed by atoms with van der Waals surface area (Å²) in [5.41, 5.74) is 8.17. The summed E-state index contributed by atoms with van der Waals surface area (Å²) in [4.78, 5) is 16.4. The van der Waals surface area contributed by atoms with E-state index in [1.54, 1.807) is 17.4 Å². The molecule has 0 radical (unpaired) electrons. The van der Waals surface area contributed by atoms with Gasteiger partial charge in [-0.05, 0) is 18.6 Å². The van der Waals surface area contributed by atoms with Crippen LogP contribution in [0.4, 0.5) is 0 Å². The van der Waals surface area contributed by atoms with Crippen molar-refractivity contribution >= 4 is 17.2 Å². The zero-order valence-corrected chi connectivity index (χ0v) is 11.7. The molecule has 100 valence electrons. The summed E-state index contributed by atoms with van der Waals surface area (Å²) >= 11 is 1.62. The van der Waals surface area contributed by atoms with Crippen molar-refractivity contribution in [1.82, 2.24) is 10.3 Å². The highest BCUT2D eigenvalue weighted by atomic mass is 32.1. The number of benzene rings is 1. The number of carbonyl (C=O) groups is 1. The first-order valence-corrected chi connectivity index (χ1v) is 7.06. The Morgan fingerprint density at radius 3 is 2.89 bits per heavy atom. The number of hydrogen-bond acceptors (Lipinski definition) is 4. The van der Waals surface area contributed by atoms with Crippen LogP contribution in [0.15, 0.2) is 29.6 Å². The van der Waals surface area contributed by atoms with E-state index >= 15 is 0 Å². The largest absolute Gasteiger partial charge is 0.352 e. The smallest absolute Gasteiger partial charge is 0.251 e. The van der Waals surface area contributed by atoms with Gasteiger partial charge in [-0.25, -0.2) is 4.98 Å². The molecule has 19 heavy (non-hydrogen) atoms. The van der Waals surface area contributed by atoms with Crippen LogP contribution >= 0.6 is 11.3 Å². The molecular weight excluding hydrogens is 258 g/mol. The lowest BCUT2D eigenvalue weighted by atomic mass is 10.1. The Labute approximate surface area is 116 Å². The molecule has 0 saturated carbocycles. The topological polar surface area (TPSA) is 68.0 Å². The van der Waals surface area contributed by atoms with Crippen LogP contribution in [0.3, 0.4) is 0 Å². The van der Waals surface area contributed by atoms with Crippen molar-refractivity contribution < 1.29 is 4.79 Å². The molecule has 1 aromatic carbocycles. The number of nitrogens with zero attached hydrogens (tertiary/aromatic N) is 1. The highest BCUT2D eigenvalue weighted by Crippen LogP contribution is 2.10. The van der Waals surface area contributed by atoms with Crippen LogP contribution in [-0.2, 0) is 13.0 Å². The monoisotopic (exact) mass is 275 g/mol. The van der Waals surface area contributed by atoms with Gasteiger partial charge in [-0.15, -0.1) is 11.3 Å². The fourth-order valence-corrected chi connectivity index (χ4v) is 2.59. The van der Waals surface area contributed by atoms with Gasteiger partial charge in [-0.3, -0.25) is 4.79 Å². The Kier molecular flexibility index (Phi) is 4.65. The lowest BCUT2D eigenvalue weighted by Crippen LogP contribution is -2.27. The normalized spacial score (nSPS) is 10.4. The second kappa shape index (κ2) is 6.45. The predicted molar refractivity (Wildman–Crippen MR) is 77.2 cm³/mol. The van der Waals surface area contributed by atoms with Gasteiger partial charge < -0.3 is 11.1 Å². The van der Waals surface area contributed by atoms with Crippen molar-refractivity contribution in [3.63, 3.8) is 0 Å². The molecule has 0 saturated heterocycles. The summed E-state index contributed by atoms with van der Waals surface area (Å²) in [6.45, 7) is 2.93. The lowest BCUT2D eigenvalue weighted by molar-refractivity contribution is 0.0953. The maximum atomic E-state index is 12.0. The van der Waals surface area contributed by atoms with E-state index in [0.717, 1.165) is 22.7 Å². The van der Waals surface area contributed by atoms with E-state index in [9.17, 15) is 4.79 Å². The van der Waals surface area contributed by atoms with Crippen LogP contribution < -0.4 is 11.1 Å². The van der Waals surface area contributed by atoms with Gasteiger partial charge >= 0.3 is 0 Å². The minimum atomic E-state index is -0.0747.